The van der Waals surface area contributed by atoms with Crippen LogP contribution < -0.4 is 9.62 Å². The Kier molecular flexibility index (Phi) is 5.23. The van der Waals surface area contributed by atoms with Gasteiger partial charge in [0.1, 0.15) is 5.82 Å². The quantitative estimate of drug-likeness (QED) is 0.902. The molecule has 0 saturated heterocycles. The molecule has 0 aromatic heterocycles. The van der Waals surface area contributed by atoms with E-state index in [-0.39, 0.29) is 17.4 Å². The number of hydrogen-bond donors (Lipinski definition) is 1. The molecule has 0 bridgehead atoms. The molecule has 24 heavy (non-hydrogen) atoms. The molecule has 1 amide bonds. The summed E-state index contributed by atoms with van der Waals surface area (Å²) in [5, 5.41) is 2.80. The molecule has 0 saturated carbocycles. The maximum atomic E-state index is 13.0. The summed E-state index contributed by atoms with van der Waals surface area (Å²) in [7, 11) is -2.09. The molecule has 2 aromatic rings. The van der Waals surface area contributed by atoms with Gasteiger partial charge < -0.3 is 5.32 Å². The van der Waals surface area contributed by atoms with Gasteiger partial charge in [0, 0.05) is 7.05 Å². The number of nitrogens with zero attached hydrogens (tertiary/aromatic N) is 1. The molecule has 0 fully saturated rings. The maximum absolute atomic E-state index is 13.0. The van der Waals surface area contributed by atoms with Crippen LogP contribution in [0.5, 0.6) is 0 Å². The van der Waals surface area contributed by atoms with Crippen LogP contribution in [-0.4, -0.2) is 27.6 Å². The second-order valence-corrected chi connectivity index (χ2v) is 7.51. The summed E-state index contributed by atoms with van der Waals surface area (Å²) in [4.78, 5) is 12.5. The summed E-state index contributed by atoms with van der Waals surface area (Å²) in [6.45, 7) is 1.77. The normalized spacial score (nSPS) is 12.5. The Morgan fingerprint density at radius 3 is 2.29 bits per heavy atom. The van der Waals surface area contributed by atoms with Crippen molar-refractivity contribution < 1.29 is 17.6 Å². The molecule has 5 nitrogen and oxygen atoms in total. The van der Waals surface area contributed by atoms with E-state index < -0.39 is 15.9 Å². The van der Waals surface area contributed by atoms with E-state index in [0.29, 0.717) is 5.69 Å². The van der Waals surface area contributed by atoms with E-state index in [4.69, 9.17) is 0 Å². The van der Waals surface area contributed by atoms with Crippen molar-refractivity contribution in [1.82, 2.24) is 5.32 Å². The van der Waals surface area contributed by atoms with Crippen molar-refractivity contribution in [3.8, 4) is 0 Å². The molecule has 0 unspecified atom stereocenters. The van der Waals surface area contributed by atoms with Crippen LogP contribution in [-0.2, 0) is 10.0 Å². The number of rotatable bonds is 5. The van der Waals surface area contributed by atoms with Gasteiger partial charge in [-0.15, -0.1) is 0 Å². The van der Waals surface area contributed by atoms with E-state index in [1.54, 1.807) is 43.3 Å². The summed E-state index contributed by atoms with van der Waals surface area (Å²) in [6, 6.07) is 11.9. The number of para-hydroxylation sites is 1. The highest BCUT2D eigenvalue weighted by Crippen LogP contribution is 2.22. The molecule has 0 heterocycles. The Morgan fingerprint density at radius 2 is 1.71 bits per heavy atom. The number of benzene rings is 2. The number of halogens is 1. The van der Waals surface area contributed by atoms with Crippen LogP contribution in [0.1, 0.15) is 28.9 Å². The average Bonchev–Trinajstić information content (AvgIpc) is 2.53. The summed E-state index contributed by atoms with van der Waals surface area (Å²) in [5.41, 5.74) is 1.29. The van der Waals surface area contributed by atoms with Gasteiger partial charge in [0.25, 0.3) is 5.91 Å². The third-order valence-electron chi connectivity index (χ3n) is 3.70. The zero-order valence-electron chi connectivity index (χ0n) is 13.7. The van der Waals surface area contributed by atoms with Gasteiger partial charge in [0.2, 0.25) is 10.0 Å². The number of amides is 1. The van der Waals surface area contributed by atoms with E-state index in [1.165, 1.54) is 19.2 Å². The van der Waals surface area contributed by atoms with E-state index >= 15 is 0 Å². The van der Waals surface area contributed by atoms with Gasteiger partial charge >= 0.3 is 0 Å². The van der Waals surface area contributed by atoms with Crippen LogP contribution >= 0.6 is 0 Å². The van der Waals surface area contributed by atoms with Gasteiger partial charge in [-0.3, -0.25) is 9.10 Å². The van der Waals surface area contributed by atoms with Crippen molar-refractivity contribution in [2.75, 3.05) is 17.6 Å². The lowest BCUT2D eigenvalue weighted by Crippen LogP contribution is -2.31. The molecule has 0 spiro atoms. The van der Waals surface area contributed by atoms with Crippen LogP contribution in [0.4, 0.5) is 10.1 Å². The second-order valence-electron chi connectivity index (χ2n) is 5.49. The topological polar surface area (TPSA) is 66.5 Å². The fourth-order valence-corrected chi connectivity index (χ4v) is 2.74. The molecule has 2 aromatic carbocycles. The minimum Gasteiger partial charge on any atom is -0.345 e. The third-order valence-corrected chi connectivity index (χ3v) is 4.89. The highest BCUT2D eigenvalue weighted by molar-refractivity contribution is 7.92. The zero-order chi connectivity index (χ0) is 17.9. The average molecular weight is 350 g/mol. The molecular weight excluding hydrogens is 331 g/mol. The molecule has 1 atom stereocenters. The Bertz CT molecular complexity index is 835. The number of nitrogens with one attached hydrogen (secondary N) is 1. The molecule has 128 valence electrons. The van der Waals surface area contributed by atoms with Gasteiger partial charge in [-0.2, -0.15) is 0 Å². The lowest BCUT2D eigenvalue weighted by Gasteiger charge is -2.21. The van der Waals surface area contributed by atoms with E-state index in [9.17, 15) is 17.6 Å². The van der Waals surface area contributed by atoms with Crippen LogP contribution in [0.25, 0.3) is 0 Å². The summed E-state index contributed by atoms with van der Waals surface area (Å²) >= 11 is 0. The van der Waals surface area contributed by atoms with Crippen molar-refractivity contribution in [3.63, 3.8) is 0 Å². The Morgan fingerprint density at radius 1 is 1.12 bits per heavy atom. The van der Waals surface area contributed by atoms with Crippen molar-refractivity contribution in [3.05, 3.63) is 65.5 Å². The van der Waals surface area contributed by atoms with Crippen molar-refractivity contribution >= 4 is 21.6 Å². The highest BCUT2D eigenvalue weighted by atomic mass is 32.2. The van der Waals surface area contributed by atoms with Gasteiger partial charge in [0.05, 0.1) is 23.5 Å². The smallest absolute Gasteiger partial charge is 0.253 e. The van der Waals surface area contributed by atoms with Crippen LogP contribution in [0.2, 0.25) is 0 Å². The van der Waals surface area contributed by atoms with Gasteiger partial charge in [-0.25, -0.2) is 12.8 Å². The number of carbonyl (C=O) groups is 1. The first-order chi connectivity index (χ1) is 11.2. The number of carbonyl (C=O) groups excluding carboxylic acids is 1. The summed E-state index contributed by atoms with van der Waals surface area (Å²) in [5.74, 6) is -0.754. The first-order valence-corrected chi connectivity index (χ1v) is 9.14. The SMILES string of the molecule is C[C@@H](NC(=O)c1ccccc1N(C)S(C)(=O)=O)c1ccc(F)cc1. The van der Waals surface area contributed by atoms with Crippen LogP contribution in [0, 0.1) is 5.82 Å². The Labute approximate surface area is 141 Å². The Hall–Kier alpha value is -2.41. The van der Waals surface area contributed by atoms with Crippen LogP contribution in [0.15, 0.2) is 48.5 Å². The number of sulfonamides is 1. The number of anilines is 1. The molecule has 0 aliphatic rings. The fourth-order valence-electron chi connectivity index (χ4n) is 2.23. The minimum atomic E-state index is -3.49. The molecule has 0 radical (unpaired) electrons. The summed E-state index contributed by atoms with van der Waals surface area (Å²) < 4.78 is 37.5. The first kappa shape index (κ1) is 17.9. The molecule has 2 rings (SSSR count). The molecule has 0 aliphatic carbocycles. The van der Waals surface area contributed by atoms with Crippen molar-refractivity contribution in [2.45, 2.75) is 13.0 Å². The second kappa shape index (κ2) is 7.00. The predicted octanol–water partition coefficient (Wildman–Crippen LogP) is 2.71. The summed E-state index contributed by atoms with van der Waals surface area (Å²) in [6.07, 6.45) is 1.07. The minimum absolute atomic E-state index is 0.249. The maximum Gasteiger partial charge on any atom is 0.253 e. The van der Waals surface area contributed by atoms with Gasteiger partial charge in [0.15, 0.2) is 0 Å². The van der Waals surface area contributed by atoms with E-state index in [2.05, 4.69) is 5.32 Å². The molecular formula is C17H19FN2O3S. The Balaban J connectivity index is 2.26. The third kappa shape index (κ3) is 4.11. The number of hydrogen-bond acceptors (Lipinski definition) is 3. The van der Waals surface area contributed by atoms with E-state index in [0.717, 1.165) is 16.1 Å². The highest BCUT2D eigenvalue weighted by Gasteiger charge is 2.20. The molecule has 0 aliphatic heterocycles. The monoisotopic (exact) mass is 350 g/mol. The first-order valence-electron chi connectivity index (χ1n) is 7.29. The zero-order valence-corrected chi connectivity index (χ0v) is 14.5. The molecule has 7 heteroatoms. The van der Waals surface area contributed by atoms with Crippen molar-refractivity contribution in [2.24, 2.45) is 0 Å². The largest absolute Gasteiger partial charge is 0.345 e. The fraction of sp³-hybridized carbons (Fsp3) is 0.235. The van der Waals surface area contributed by atoms with Gasteiger partial charge in [-0.05, 0) is 36.8 Å². The lowest BCUT2D eigenvalue weighted by atomic mass is 10.1. The van der Waals surface area contributed by atoms with Crippen molar-refractivity contribution in [1.29, 1.82) is 0 Å². The molecule has 1 N–H and O–H groups in total. The predicted molar refractivity (Wildman–Crippen MR) is 92.0 cm³/mol. The lowest BCUT2D eigenvalue weighted by molar-refractivity contribution is 0.0940. The standard InChI is InChI=1S/C17H19FN2O3S/c1-12(13-8-10-14(18)11-9-13)19-17(21)15-6-4-5-7-16(15)20(2)24(3,22)23/h4-12H,1-3H3,(H,19,21)/t12-/m1/s1. The van der Waals surface area contributed by atoms with Crippen LogP contribution in [0.3, 0.4) is 0 Å². The van der Waals surface area contributed by atoms with E-state index in [1.807, 2.05) is 0 Å². The van der Waals surface area contributed by atoms with Gasteiger partial charge in [-0.1, -0.05) is 24.3 Å².